The van der Waals surface area contributed by atoms with Crippen molar-refractivity contribution in [3.8, 4) is 5.75 Å². The Labute approximate surface area is 168 Å². The van der Waals surface area contributed by atoms with Crippen molar-refractivity contribution in [1.29, 1.82) is 0 Å². The highest BCUT2D eigenvalue weighted by Crippen LogP contribution is 2.18. The summed E-state index contributed by atoms with van der Waals surface area (Å²) in [5.41, 5.74) is 4.99. The van der Waals surface area contributed by atoms with Gasteiger partial charge < -0.3 is 9.47 Å². The Morgan fingerprint density at radius 3 is 2.17 bits per heavy atom. The molecule has 29 heavy (non-hydrogen) atoms. The Kier molecular flexibility index (Phi) is 6.47. The average Bonchev–Trinajstić information content (AvgIpc) is 2.78. The number of hydrogen-bond acceptors (Lipinski definition) is 6. The van der Waals surface area contributed by atoms with Gasteiger partial charge in [0.15, 0.2) is 0 Å². The number of morpholine rings is 1. The zero-order valence-corrected chi connectivity index (χ0v) is 16.6. The second-order valence-corrected chi connectivity index (χ2v) is 8.12. The van der Waals surface area contributed by atoms with Gasteiger partial charge in [0.1, 0.15) is 5.75 Å². The van der Waals surface area contributed by atoms with E-state index >= 15 is 0 Å². The minimum absolute atomic E-state index is 0.00572. The van der Waals surface area contributed by atoms with E-state index in [2.05, 4.69) is 10.9 Å². The molecule has 0 aliphatic carbocycles. The third-order valence-electron chi connectivity index (χ3n) is 4.33. The van der Waals surface area contributed by atoms with Gasteiger partial charge in [-0.1, -0.05) is 12.1 Å². The third-order valence-corrected chi connectivity index (χ3v) is 6.22. The molecule has 0 unspecified atom stereocenters. The lowest BCUT2D eigenvalue weighted by Gasteiger charge is -2.26. The molecule has 2 aromatic carbocycles. The molecule has 2 aromatic rings. The molecule has 0 radical (unpaired) electrons. The number of nitrogens with one attached hydrogen (secondary N) is 2. The van der Waals surface area contributed by atoms with Crippen molar-refractivity contribution in [3.05, 3.63) is 59.7 Å². The molecule has 0 saturated carbocycles. The molecule has 2 amide bonds. The van der Waals surface area contributed by atoms with Crippen LogP contribution in [-0.2, 0) is 14.8 Å². The molecule has 1 aliphatic rings. The molecule has 1 heterocycles. The molecule has 0 aromatic heterocycles. The van der Waals surface area contributed by atoms with E-state index in [1.54, 1.807) is 18.2 Å². The first-order valence-electron chi connectivity index (χ1n) is 8.84. The Bertz CT molecular complexity index is 1000. The minimum atomic E-state index is -3.73. The number of sulfonamides is 1. The van der Waals surface area contributed by atoms with Gasteiger partial charge in [0.25, 0.3) is 11.8 Å². The first kappa shape index (κ1) is 20.8. The lowest BCUT2D eigenvalue weighted by molar-refractivity contribution is 0.0730. The average molecular weight is 419 g/mol. The Morgan fingerprint density at radius 1 is 0.966 bits per heavy atom. The van der Waals surface area contributed by atoms with Gasteiger partial charge in [-0.2, -0.15) is 4.31 Å². The summed E-state index contributed by atoms with van der Waals surface area (Å²) < 4.78 is 37.0. The summed E-state index contributed by atoms with van der Waals surface area (Å²) in [7, 11) is -2.25. The van der Waals surface area contributed by atoms with Crippen LogP contribution in [0, 0.1) is 0 Å². The van der Waals surface area contributed by atoms with Gasteiger partial charge >= 0.3 is 0 Å². The first-order valence-corrected chi connectivity index (χ1v) is 10.3. The van der Waals surface area contributed by atoms with Crippen LogP contribution in [-0.4, -0.2) is 58.0 Å². The van der Waals surface area contributed by atoms with E-state index < -0.39 is 21.8 Å². The molecule has 0 spiro atoms. The molecule has 1 saturated heterocycles. The second kappa shape index (κ2) is 9.03. The highest BCUT2D eigenvalue weighted by atomic mass is 32.2. The van der Waals surface area contributed by atoms with Crippen LogP contribution in [0.15, 0.2) is 53.4 Å². The maximum absolute atomic E-state index is 12.7. The van der Waals surface area contributed by atoms with Crippen LogP contribution < -0.4 is 15.6 Å². The molecule has 154 valence electrons. The van der Waals surface area contributed by atoms with Crippen LogP contribution in [0.1, 0.15) is 20.7 Å². The standard InChI is InChI=1S/C19H21N3O6S/c1-27-16-6-2-4-14(12-16)18(23)20-21-19(24)15-5-3-7-17(13-15)29(25,26)22-8-10-28-11-9-22/h2-7,12-13H,8-11H2,1H3,(H,20,23)(H,21,24). The van der Waals surface area contributed by atoms with Gasteiger partial charge in [0, 0.05) is 24.2 Å². The van der Waals surface area contributed by atoms with E-state index in [0.717, 1.165) is 0 Å². The Hall–Kier alpha value is -2.95. The molecular formula is C19H21N3O6S. The van der Waals surface area contributed by atoms with Crippen molar-refractivity contribution in [3.63, 3.8) is 0 Å². The number of carbonyl (C=O) groups excluding carboxylic acids is 2. The van der Waals surface area contributed by atoms with E-state index in [1.807, 2.05) is 0 Å². The fourth-order valence-electron chi connectivity index (χ4n) is 2.76. The number of methoxy groups -OCH3 is 1. The number of rotatable bonds is 5. The third kappa shape index (κ3) is 4.91. The van der Waals surface area contributed by atoms with E-state index in [1.165, 1.54) is 41.7 Å². The Morgan fingerprint density at radius 2 is 1.55 bits per heavy atom. The van der Waals surface area contributed by atoms with Gasteiger partial charge in [-0.15, -0.1) is 0 Å². The number of ether oxygens (including phenoxy) is 2. The van der Waals surface area contributed by atoms with Crippen molar-refractivity contribution in [1.82, 2.24) is 15.2 Å². The monoisotopic (exact) mass is 419 g/mol. The predicted octanol–water partition coefficient (Wildman–Crippen LogP) is 0.791. The molecule has 1 aliphatic heterocycles. The smallest absolute Gasteiger partial charge is 0.269 e. The van der Waals surface area contributed by atoms with Crippen LogP contribution in [0.3, 0.4) is 0 Å². The molecule has 9 nitrogen and oxygen atoms in total. The quantitative estimate of drug-likeness (QED) is 0.693. The van der Waals surface area contributed by atoms with Crippen molar-refractivity contribution in [2.75, 3.05) is 33.4 Å². The highest BCUT2D eigenvalue weighted by Gasteiger charge is 2.26. The summed E-state index contributed by atoms with van der Waals surface area (Å²) in [4.78, 5) is 24.6. The zero-order valence-electron chi connectivity index (χ0n) is 15.8. The second-order valence-electron chi connectivity index (χ2n) is 6.18. The van der Waals surface area contributed by atoms with Crippen LogP contribution in [0.25, 0.3) is 0 Å². The van der Waals surface area contributed by atoms with Crippen molar-refractivity contribution in [2.24, 2.45) is 0 Å². The molecule has 3 rings (SSSR count). The normalized spacial score (nSPS) is 14.8. The van der Waals surface area contributed by atoms with Gasteiger partial charge in [-0.05, 0) is 36.4 Å². The molecule has 2 N–H and O–H groups in total. The predicted molar refractivity (Wildman–Crippen MR) is 104 cm³/mol. The molecular weight excluding hydrogens is 398 g/mol. The fourth-order valence-corrected chi connectivity index (χ4v) is 4.21. The summed E-state index contributed by atoms with van der Waals surface area (Å²) in [5.74, 6) is -0.667. The number of carbonyl (C=O) groups is 2. The minimum Gasteiger partial charge on any atom is -0.497 e. The number of amides is 2. The Balaban J connectivity index is 1.68. The first-order chi connectivity index (χ1) is 13.9. The van der Waals surface area contributed by atoms with E-state index in [-0.39, 0.29) is 23.5 Å². The maximum atomic E-state index is 12.7. The summed E-state index contributed by atoms with van der Waals surface area (Å²) in [6.45, 7) is 1.18. The number of benzene rings is 2. The SMILES string of the molecule is COc1cccc(C(=O)NNC(=O)c2cccc(S(=O)(=O)N3CCOCC3)c2)c1. The summed E-state index contributed by atoms with van der Waals surface area (Å²) in [6, 6.07) is 12.1. The molecule has 1 fully saturated rings. The molecule has 10 heteroatoms. The van der Waals surface area contributed by atoms with Crippen LogP contribution in [0.5, 0.6) is 5.75 Å². The number of nitrogens with zero attached hydrogens (tertiary/aromatic N) is 1. The summed E-state index contributed by atoms with van der Waals surface area (Å²) in [6.07, 6.45) is 0. The largest absolute Gasteiger partial charge is 0.497 e. The highest BCUT2D eigenvalue weighted by molar-refractivity contribution is 7.89. The topological polar surface area (TPSA) is 114 Å². The fraction of sp³-hybridized carbons (Fsp3) is 0.263. The van der Waals surface area contributed by atoms with Gasteiger partial charge in [-0.3, -0.25) is 20.4 Å². The van der Waals surface area contributed by atoms with E-state index in [0.29, 0.717) is 24.5 Å². The molecule has 0 atom stereocenters. The van der Waals surface area contributed by atoms with Crippen LogP contribution >= 0.6 is 0 Å². The van der Waals surface area contributed by atoms with Crippen LogP contribution in [0.2, 0.25) is 0 Å². The van der Waals surface area contributed by atoms with Crippen molar-refractivity contribution < 1.29 is 27.5 Å². The maximum Gasteiger partial charge on any atom is 0.269 e. The number of hydrazine groups is 1. The lowest BCUT2D eigenvalue weighted by Crippen LogP contribution is -2.42. The number of hydrogen-bond donors (Lipinski definition) is 2. The van der Waals surface area contributed by atoms with Crippen LogP contribution in [0.4, 0.5) is 0 Å². The van der Waals surface area contributed by atoms with Gasteiger partial charge in [-0.25, -0.2) is 8.42 Å². The summed E-state index contributed by atoms with van der Waals surface area (Å²) >= 11 is 0. The lowest BCUT2D eigenvalue weighted by atomic mass is 10.2. The molecule has 0 bridgehead atoms. The van der Waals surface area contributed by atoms with E-state index in [9.17, 15) is 18.0 Å². The van der Waals surface area contributed by atoms with Gasteiger partial charge in [0.05, 0.1) is 25.2 Å². The van der Waals surface area contributed by atoms with Gasteiger partial charge in [0.2, 0.25) is 10.0 Å². The van der Waals surface area contributed by atoms with Crippen molar-refractivity contribution in [2.45, 2.75) is 4.90 Å². The van der Waals surface area contributed by atoms with E-state index in [4.69, 9.17) is 9.47 Å². The zero-order chi connectivity index (χ0) is 20.9. The summed E-state index contributed by atoms with van der Waals surface area (Å²) in [5, 5.41) is 0. The van der Waals surface area contributed by atoms with Crippen molar-refractivity contribution >= 4 is 21.8 Å².